The van der Waals surface area contributed by atoms with E-state index in [1.807, 2.05) is 91.0 Å². The van der Waals surface area contributed by atoms with Gasteiger partial charge in [0.1, 0.15) is 14.3 Å². The molecular formula is C24H26O2P2. The first-order valence-electron chi connectivity index (χ1n) is 9.87. The summed E-state index contributed by atoms with van der Waals surface area (Å²) in [7, 11) is -5.50. The molecule has 0 aromatic heterocycles. The van der Waals surface area contributed by atoms with Crippen LogP contribution in [0.4, 0.5) is 0 Å². The molecule has 0 amide bonds. The molecule has 2 nitrogen and oxygen atoms in total. The highest BCUT2D eigenvalue weighted by Crippen LogP contribution is 2.61. The molecular weight excluding hydrogens is 382 g/mol. The predicted molar refractivity (Wildman–Crippen MR) is 121 cm³/mol. The van der Waals surface area contributed by atoms with Gasteiger partial charge in [0.25, 0.3) is 0 Å². The minimum atomic E-state index is -2.91. The molecule has 0 N–H and O–H groups in total. The van der Waals surface area contributed by atoms with Gasteiger partial charge in [-0.3, -0.25) is 0 Å². The first kappa shape index (κ1) is 19.4. The Kier molecular flexibility index (Phi) is 5.46. The molecule has 144 valence electrons. The van der Waals surface area contributed by atoms with Crippen LogP contribution in [0.3, 0.4) is 0 Å². The van der Waals surface area contributed by atoms with E-state index in [1.54, 1.807) is 0 Å². The van der Waals surface area contributed by atoms with Crippen molar-refractivity contribution in [3.8, 4) is 0 Å². The minimum absolute atomic E-state index is 0.105. The fourth-order valence-corrected chi connectivity index (χ4v) is 12.6. The van der Waals surface area contributed by atoms with Gasteiger partial charge in [-0.1, -0.05) is 97.9 Å². The lowest BCUT2D eigenvalue weighted by molar-refractivity contribution is 0.508. The van der Waals surface area contributed by atoms with Gasteiger partial charge < -0.3 is 9.13 Å². The summed E-state index contributed by atoms with van der Waals surface area (Å²) >= 11 is 0. The van der Waals surface area contributed by atoms with E-state index >= 15 is 0 Å². The van der Waals surface area contributed by atoms with Crippen LogP contribution in [0.1, 0.15) is 13.3 Å². The summed E-state index contributed by atoms with van der Waals surface area (Å²) in [4.78, 5) is 0. The van der Waals surface area contributed by atoms with Crippen LogP contribution in [0.5, 0.6) is 0 Å². The van der Waals surface area contributed by atoms with Gasteiger partial charge in [0, 0.05) is 33.9 Å². The number of benzene rings is 3. The topological polar surface area (TPSA) is 34.1 Å². The lowest BCUT2D eigenvalue weighted by Gasteiger charge is -2.38. The number of hydrogen-bond acceptors (Lipinski definition) is 2. The van der Waals surface area contributed by atoms with E-state index in [0.29, 0.717) is 12.3 Å². The van der Waals surface area contributed by atoms with Crippen molar-refractivity contribution in [3.63, 3.8) is 0 Å². The summed E-state index contributed by atoms with van der Waals surface area (Å²) in [6.45, 7) is 2.15. The Morgan fingerprint density at radius 1 is 0.750 bits per heavy atom. The molecule has 0 radical (unpaired) electrons. The molecule has 0 spiro atoms. The monoisotopic (exact) mass is 408 g/mol. The number of hydrogen-bond donors (Lipinski definition) is 0. The van der Waals surface area contributed by atoms with Gasteiger partial charge in [-0.25, -0.2) is 0 Å². The third-order valence-corrected chi connectivity index (χ3v) is 13.1. The van der Waals surface area contributed by atoms with E-state index in [-0.39, 0.29) is 11.6 Å². The van der Waals surface area contributed by atoms with Gasteiger partial charge >= 0.3 is 0 Å². The fourth-order valence-electron chi connectivity index (χ4n) is 4.58. The van der Waals surface area contributed by atoms with E-state index in [0.717, 1.165) is 22.3 Å². The summed E-state index contributed by atoms with van der Waals surface area (Å²) in [5.74, 6) is 0.283. The first-order valence-corrected chi connectivity index (χ1v) is 13.7. The Bertz CT molecular complexity index is 973. The van der Waals surface area contributed by atoms with Crippen LogP contribution in [-0.2, 0) is 9.13 Å². The molecule has 4 rings (SSSR count). The van der Waals surface area contributed by atoms with E-state index in [4.69, 9.17) is 0 Å². The maximum atomic E-state index is 14.7. The molecule has 0 bridgehead atoms. The Labute approximate surface area is 167 Å². The highest BCUT2D eigenvalue weighted by Gasteiger charge is 2.45. The molecule has 1 heterocycles. The normalized spacial score (nSPS) is 25.3. The summed E-state index contributed by atoms with van der Waals surface area (Å²) in [6.07, 6.45) is 2.07. The highest BCUT2D eigenvalue weighted by molar-refractivity contribution is 7.81. The van der Waals surface area contributed by atoms with Crippen LogP contribution < -0.4 is 15.9 Å². The molecule has 4 heteroatoms. The number of rotatable bonds is 4. The molecule has 1 fully saturated rings. The van der Waals surface area contributed by atoms with Crippen LogP contribution in [0.2, 0.25) is 0 Å². The maximum Gasteiger partial charge on any atom is 0.146 e. The van der Waals surface area contributed by atoms with Crippen molar-refractivity contribution in [3.05, 3.63) is 91.0 Å². The van der Waals surface area contributed by atoms with E-state index in [9.17, 15) is 9.13 Å². The molecule has 1 aliphatic rings. The van der Waals surface area contributed by atoms with Crippen LogP contribution in [0, 0.1) is 5.92 Å². The highest BCUT2D eigenvalue weighted by atomic mass is 31.2. The van der Waals surface area contributed by atoms with E-state index in [1.165, 1.54) is 0 Å². The smallest absolute Gasteiger partial charge is 0.146 e. The zero-order valence-electron chi connectivity index (χ0n) is 16.1. The van der Waals surface area contributed by atoms with Crippen LogP contribution in [0.15, 0.2) is 91.0 Å². The summed E-state index contributed by atoms with van der Waals surface area (Å²) in [6, 6.07) is 29.4. The SMILES string of the molecule is C[C@@H]1C[C@H](P(=O)(c2ccccc2)c2ccccc2)CP(=O)(c2ccccc2)C1. The van der Waals surface area contributed by atoms with Gasteiger partial charge in [0.05, 0.1) is 0 Å². The Morgan fingerprint density at radius 2 is 1.21 bits per heavy atom. The second-order valence-corrected chi connectivity index (χ2v) is 14.0. The molecule has 3 aromatic rings. The molecule has 1 saturated heterocycles. The molecule has 1 unspecified atom stereocenters. The van der Waals surface area contributed by atoms with E-state index < -0.39 is 14.3 Å². The third kappa shape index (κ3) is 3.57. The average molecular weight is 408 g/mol. The zero-order valence-corrected chi connectivity index (χ0v) is 17.9. The lowest BCUT2D eigenvalue weighted by atomic mass is 10.1. The van der Waals surface area contributed by atoms with Crippen LogP contribution >= 0.6 is 14.3 Å². The second kappa shape index (κ2) is 7.86. The van der Waals surface area contributed by atoms with Gasteiger partial charge in [0.2, 0.25) is 0 Å². The average Bonchev–Trinajstić information content (AvgIpc) is 2.74. The van der Waals surface area contributed by atoms with Crippen molar-refractivity contribution in [2.45, 2.75) is 19.0 Å². The Morgan fingerprint density at radius 3 is 1.71 bits per heavy atom. The van der Waals surface area contributed by atoms with Crippen molar-refractivity contribution in [2.75, 3.05) is 12.3 Å². The molecule has 28 heavy (non-hydrogen) atoms. The quantitative estimate of drug-likeness (QED) is 0.563. The second-order valence-electron chi connectivity index (χ2n) is 7.91. The van der Waals surface area contributed by atoms with Crippen LogP contribution in [-0.4, -0.2) is 18.0 Å². The Hall–Kier alpha value is -1.88. The van der Waals surface area contributed by atoms with E-state index in [2.05, 4.69) is 6.92 Å². The summed E-state index contributed by atoms with van der Waals surface area (Å²) in [5.41, 5.74) is -0.105. The maximum absolute atomic E-state index is 14.7. The molecule has 1 aliphatic heterocycles. The van der Waals surface area contributed by atoms with Crippen molar-refractivity contribution >= 4 is 30.2 Å². The molecule has 3 atom stereocenters. The van der Waals surface area contributed by atoms with Gasteiger partial charge in [-0.15, -0.1) is 0 Å². The van der Waals surface area contributed by atoms with Crippen molar-refractivity contribution in [1.29, 1.82) is 0 Å². The summed E-state index contributed by atoms with van der Waals surface area (Å²) < 4.78 is 28.8. The molecule has 3 aromatic carbocycles. The van der Waals surface area contributed by atoms with Crippen molar-refractivity contribution < 1.29 is 9.13 Å². The fraction of sp³-hybridized carbons (Fsp3) is 0.250. The van der Waals surface area contributed by atoms with Gasteiger partial charge in [-0.2, -0.15) is 0 Å². The lowest BCUT2D eigenvalue weighted by Crippen LogP contribution is -2.36. The van der Waals surface area contributed by atoms with Gasteiger partial charge in [-0.05, 0) is 12.3 Å². The van der Waals surface area contributed by atoms with Crippen molar-refractivity contribution in [1.82, 2.24) is 0 Å². The summed E-state index contributed by atoms with van der Waals surface area (Å²) in [5, 5.41) is 2.68. The zero-order chi connectivity index (χ0) is 19.6. The molecule has 0 aliphatic carbocycles. The third-order valence-electron chi connectivity index (χ3n) is 5.81. The largest absolute Gasteiger partial charge is 0.319 e. The van der Waals surface area contributed by atoms with Gasteiger partial charge in [0.15, 0.2) is 0 Å². The van der Waals surface area contributed by atoms with Crippen molar-refractivity contribution in [2.24, 2.45) is 5.92 Å². The first-order chi connectivity index (χ1) is 13.5. The minimum Gasteiger partial charge on any atom is -0.319 e. The predicted octanol–water partition coefficient (Wildman–Crippen LogP) is 5.10. The van der Waals surface area contributed by atoms with Crippen LogP contribution in [0.25, 0.3) is 0 Å². The Balaban J connectivity index is 1.83. The standard InChI is InChI=1S/C24H26O2P2/c1-20-17-24(19-27(25,18-20)21-11-5-2-6-12-21)28(26,22-13-7-3-8-14-22)23-15-9-4-10-16-23/h2-16,20,24H,17-19H2,1H3/t20-,24+,27?/m1/s1. The molecule has 0 saturated carbocycles.